The summed E-state index contributed by atoms with van der Waals surface area (Å²) in [6.07, 6.45) is 1.54. The Kier molecular flexibility index (Phi) is 5.83. The largest absolute Gasteiger partial charge is 0.458 e. The van der Waals surface area contributed by atoms with Gasteiger partial charge in [0.15, 0.2) is 10.9 Å². The number of aromatic nitrogens is 3. The van der Waals surface area contributed by atoms with Crippen LogP contribution in [0.2, 0.25) is 5.02 Å². The molecule has 3 atom stereocenters. The van der Waals surface area contributed by atoms with E-state index in [0.29, 0.717) is 41.9 Å². The molecule has 0 radical (unpaired) electrons. The summed E-state index contributed by atoms with van der Waals surface area (Å²) in [5.41, 5.74) is 6.44. The van der Waals surface area contributed by atoms with E-state index in [1.165, 1.54) is 12.1 Å². The summed E-state index contributed by atoms with van der Waals surface area (Å²) in [5.74, 6) is -0.667. The first-order chi connectivity index (χ1) is 17.3. The summed E-state index contributed by atoms with van der Waals surface area (Å²) < 4.78 is 36.6. The fourth-order valence-electron chi connectivity index (χ4n) is 5.08. The number of halogens is 3. The molecule has 2 unspecified atom stereocenters. The first-order valence-electron chi connectivity index (χ1n) is 11.7. The Hall–Kier alpha value is -2.86. The lowest BCUT2D eigenvalue weighted by atomic mass is 10.0. The molecule has 6 rings (SSSR count). The summed E-state index contributed by atoms with van der Waals surface area (Å²) >= 11 is 7.66. The molecule has 0 aliphatic carbocycles. The van der Waals surface area contributed by atoms with Crippen LogP contribution in [-0.4, -0.2) is 57.9 Å². The second-order valence-electron chi connectivity index (χ2n) is 9.25. The van der Waals surface area contributed by atoms with Crippen LogP contribution in [0.15, 0.2) is 18.2 Å². The number of nitrogens with zero attached hydrogens (tertiary/aromatic N) is 4. The topological polar surface area (TPSA) is 109 Å². The minimum Gasteiger partial charge on any atom is -0.458 e. The van der Waals surface area contributed by atoms with E-state index in [0.717, 1.165) is 24.2 Å². The van der Waals surface area contributed by atoms with Gasteiger partial charge in [0.2, 0.25) is 0 Å². The number of aliphatic hydroxyl groups excluding tert-OH is 1. The number of hydrogen-bond donors (Lipinski definition) is 3. The van der Waals surface area contributed by atoms with Gasteiger partial charge in [-0.05, 0) is 38.0 Å². The van der Waals surface area contributed by atoms with Crippen LogP contribution in [0.25, 0.3) is 32.2 Å². The van der Waals surface area contributed by atoms with Crippen LogP contribution in [0.5, 0.6) is 6.01 Å². The Bertz CT molecular complexity index is 1490. The number of aliphatic hydroxyl groups is 1. The Balaban J connectivity index is 1.57. The lowest BCUT2D eigenvalue weighted by molar-refractivity contribution is 0.120. The van der Waals surface area contributed by atoms with Gasteiger partial charge in [0.1, 0.15) is 23.3 Å². The molecule has 2 aliphatic heterocycles. The normalized spacial score (nSPS) is 20.4. The molecule has 2 saturated heterocycles. The highest BCUT2D eigenvalue weighted by molar-refractivity contribution is 7.22. The molecule has 8 nitrogen and oxygen atoms in total. The SMILES string of the molecule is C[C@@H](CO)Oc1nc(N2CC3CCC(C2)N3)c2cc(Cl)c(-c3ccc(F)c4sc(N)nc34)c(F)c2n1. The van der Waals surface area contributed by atoms with E-state index in [1.807, 2.05) is 0 Å². The van der Waals surface area contributed by atoms with E-state index in [4.69, 9.17) is 22.1 Å². The summed E-state index contributed by atoms with van der Waals surface area (Å²) in [6, 6.07) is 4.91. The van der Waals surface area contributed by atoms with E-state index < -0.39 is 17.7 Å². The average Bonchev–Trinajstić information content (AvgIpc) is 3.41. The number of fused-ring (bicyclic) bond motifs is 4. The minimum atomic E-state index is -0.694. The lowest BCUT2D eigenvalue weighted by Crippen LogP contribution is -2.51. The van der Waals surface area contributed by atoms with Crippen LogP contribution in [0.3, 0.4) is 0 Å². The number of nitrogens with one attached hydrogen (secondary N) is 1. The smallest absolute Gasteiger partial charge is 0.319 e. The van der Waals surface area contributed by atoms with Gasteiger partial charge >= 0.3 is 6.01 Å². The van der Waals surface area contributed by atoms with E-state index in [9.17, 15) is 9.50 Å². The molecular weight excluding hydrogens is 510 g/mol. The van der Waals surface area contributed by atoms with E-state index in [-0.39, 0.29) is 44.1 Å². The molecule has 0 spiro atoms. The Morgan fingerprint density at radius 1 is 1.22 bits per heavy atom. The first-order valence-corrected chi connectivity index (χ1v) is 12.8. The van der Waals surface area contributed by atoms with Crippen molar-refractivity contribution >= 4 is 55.0 Å². The fraction of sp³-hybridized carbons (Fsp3) is 0.375. The number of nitrogens with two attached hydrogens (primary N) is 1. The summed E-state index contributed by atoms with van der Waals surface area (Å²) in [6.45, 7) is 2.83. The van der Waals surface area contributed by atoms with Gasteiger partial charge in [-0.1, -0.05) is 22.9 Å². The monoisotopic (exact) mass is 532 g/mol. The third-order valence-corrected chi connectivity index (χ3v) is 7.89. The van der Waals surface area contributed by atoms with Gasteiger partial charge in [-0.15, -0.1) is 0 Å². The Morgan fingerprint density at radius 2 is 1.97 bits per heavy atom. The average molecular weight is 533 g/mol. The van der Waals surface area contributed by atoms with Crippen molar-refractivity contribution in [3.63, 3.8) is 0 Å². The summed E-state index contributed by atoms with van der Waals surface area (Å²) in [4.78, 5) is 15.3. The number of rotatable bonds is 5. The van der Waals surface area contributed by atoms with Gasteiger partial charge < -0.3 is 25.8 Å². The molecule has 2 aromatic carbocycles. The second kappa shape index (κ2) is 8.91. The molecule has 0 amide bonds. The van der Waals surface area contributed by atoms with Gasteiger partial charge in [-0.25, -0.2) is 13.8 Å². The number of ether oxygens (including phenoxy) is 1. The maximum absolute atomic E-state index is 16.3. The van der Waals surface area contributed by atoms with Crippen molar-refractivity contribution in [3.8, 4) is 17.1 Å². The summed E-state index contributed by atoms with van der Waals surface area (Å²) in [5, 5.41) is 13.8. The standard InChI is InChI=1S/C24H23ClF2N6O2S/c1-10(9-34)35-24-31-19-14(22(32-24)33-7-11-2-3-12(8-33)29-11)6-15(25)17(18(19)27)13-4-5-16(26)21-20(13)30-23(28)36-21/h4-6,10-12,29,34H,2-3,7-9H2,1H3,(H2,28,30)/t10-,11?,12?/m0/s1. The van der Waals surface area contributed by atoms with Crippen LogP contribution in [-0.2, 0) is 0 Å². The van der Waals surface area contributed by atoms with Gasteiger partial charge in [-0.2, -0.15) is 9.97 Å². The molecular formula is C24H23ClF2N6O2S. The molecule has 4 aromatic rings. The number of hydrogen-bond acceptors (Lipinski definition) is 9. The van der Waals surface area contributed by atoms with Crippen molar-refractivity contribution in [3.05, 3.63) is 34.9 Å². The van der Waals surface area contributed by atoms with Crippen molar-refractivity contribution < 1.29 is 18.6 Å². The highest BCUT2D eigenvalue weighted by Gasteiger charge is 2.34. The predicted molar refractivity (Wildman–Crippen MR) is 137 cm³/mol. The zero-order valence-corrected chi connectivity index (χ0v) is 20.8. The fourth-order valence-corrected chi connectivity index (χ4v) is 6.14. The van der Waals surface area contributed by atoms with Crippen LogP contribution >= 0.6 is 22.9 Å². The maximum Gasteiger partial charge on any atom is 0.319 e. The van der Waals surface area contributed by atoms with Crippen molar-refractivity contribution in [1.29, 1.82) is 0 Å². The van der Waals surface area contributed by atoms with E-state index in [1.54, 1.807) is 13.0 Å². The zero-order chi connectivity index (χ0) is 25.1. The van der Waals surface area contributed by atoms with E-state index >= 15 is 4.39 Å². The molecule has 2 bridgehead atoms. The number of piperazine rings is 1. The van der Waals surface area contributed by atoms with Crippen LogP contribution in [0, 0.1) is 11.6 Å². The molecule has 0 saturated carbocycles. The maximum atomic E-state index is 16.3. The Labute approximate surface area is 214 Å². The Morgan fingerprint density at radius 3 is 2.69 bits per heavy atom. The van der Waals surface area contributed by atoms with Crippen molar-refractivity contribution in [2.75, 3.05) is 30.3 Å². The number of anilines is 2. The van der Waals surface area contributed by atoms with Crippen molar-refractivity contribution in [1.82, 2.24) is 20.3 Å². The quantitative estimate of drug-likeness (QED) is 0.352. The zero-order valence-electron chi connectivity index (χ0n) is 19.3. The molecule has 2 aromatic heterocycles. The number of thiazole rings is 1. The third-order valence-electron chi connectivity index (χ3n) is 6.70. The first kappa shape index (κ1) is 23.5. The van der Waals surface area contributed by atoms with Gasteiger partial charge in [0.25, 0.3) is 0 Å². The molecule has 2 fully saturated rings. The van der Waals surface area contributed by atoms with Crippen molar-refractivity contribution in [2.45, 2.75) is 38.0 Å². The van der Waals surface area contributed by atoms with E-state index in [2.05, 4.69) is 25.2 Å². The van der Waals surface area contributed by atoms with Crippen molar-refractivity contribution in [2.24, 2.45) is 0 Å². The van der Waals surface area contributed by atoms with Crippen LogP contribution in [0.4, 0.5) is 19.7 Å². The van der Waals surface area contributed by atoms with Gasteiger partial charge in [0, 0.05) is 41.7 Å². The predicted octanol–water partition coefficient (Wildman–Crippen LogP) is 4.12. The second-order valence-corrected chi connectivity index (χ2v) is 10.7. The molecule has 188 valence electrons. The number of nitrogen functional groups attached to an aromatic ring is 1. The molecule has 36 heavy (non-hydrogen) atoms. The van der Waals surface area contributed by atoms with Gasteiger partial charge in [-0.3, -0.25) is 0 Å². The van der Waals surface area contributed by atoms with Crippen LogP contribution in [0.1, 0.15) is 19.8 Å². The molecule has 4 N–H and O–H groups in total. The molecule has 12 heteroatoms. The van der Waals surface area contributed by atoms with Crippen LogP contribution < -0.4 is 20.7 Å². The minimum absolute atomic E-state index is 0.0195. The molecule has 4 heterocycles. The summed E-state index contributed by atoms with van der Waals surface area (Å²) in [7, 11) is 0. The van der Waals surface area contributed by atoms with Gasteiger partial charge in [0.05, 0.1) is 21.8 Å². The number of benzene rings is 2. The third kappa shape index (κ3) is 3.90. The highest BCUT2D eigenvalue weighted by Crippen LogP contribution is 2.43. The lowest BCUT2D eigenvalue weighted by Gasteiger charge is -2.34. The highest BCUT2D eigenvalue weighted by atomic mass is 35.5. The molecule has 2 aliphatic rings.